The zero-order valence-corrected chi connectivity index (χ0v) is 13.0. The van der Waals surface area contributed by atoms with E-state index in [1.165, 1.54) is 23.2 Å². The second-order valence-corrected chi connectivity index (χ2v) is 11.3. The minimum atomic E-state index is 0.349. The average molecular weight is 264 g/mol. The summed E-state index contributed by atoms with van der Waals surface area (Å²) in [5.41, 5.74) is 3.40. The van der Waals surface area contributed by atoms with Crippen molar-refractivity contribution in [2.75, 3.05) is 0 Å². The molecule has 0 radical (unpaired) electrons. The van der Waals surface area contributed by atoms with Gasteiger partial charge in [0.05, 0.1) is 0 Å². The SMILES string of the molecule is CC(C)P(C1CC2CCC1C2)C1CC2CCC1C2. The minimum absolute atomic E-state index is 0.349. The molecule has 0 saturated heterocycles. The van der Waals surface area contributed by atoms with Gasteiger partial charge in [0, 0.05) is 0 Å². The molecule has 0 aromatic rings. The van der Waals surface area contributed by atoms with Crippen molar-refractivity contribution in [2.24, 2.45) is 23.7 Å². The van der Waals surface area contributed by atoms with Crippen molar-refractivity contribution in [3.8, 4) is 0 Å². The molecule has 0 nitrogen and oxygen atoms in total. The van der Waals surface area contributed by atoms with E-state index in [0.29, 0.717) is 7.92 Å². The van der Waals surface area contributed by atoms with E-state index >= 15 is 0 Å². The molecule has 18 heavy (non-hydrogen) atoms. The van der Waals surface area contributed by atoms with Gasteiger partial charge in [-0.25, -0.2) is 0 Å². The molecule has 1 heteroatoms. The van der Waals surface area contributed by atoms with Crippen molar-refractivity contribution in [3.63, 3.8) is 0 Å². The first-order valence-corrected chi connectivity index (χ1v) is 10.0. The van der Waals surface area contributed by atoms with Crippen LogP contribution in [0.5, 0.6) is 0 Å². The van der Waals surface area contributed by atoms with E-state index in [-0.39, 0.29) is 0 Å². The Morgan fingerprint density at radius 3 is 1.50 bits per heavy atom. The lowest BCUT2D eigenvalue weighted by Gasteiger charge is -2.41. The second-order valence-electron chi connectivity index (χ2n) is 8.03. The van der Waals surface area contributed by atoms with Crippen LogP contribution in [-0.4, -0.2) is 17.0 Å². The van der Waals surface area contributed by atoms with Crippen LogP contribution in [0.25, 0.3) is 0 Å². The van der Waals surface area contributed by atoms with E-state index in [1.807, 2.05) is 0 Å². The van der Waals surface area contributed by atoms with Crippen molar-refractivity contribution >= 4 is 7.92 Å². The van der Waals surface area contributed by atoms with E-state index in [0.717, 1.165) is 17.5 Å². The van der Waals surface area contributed by atoms with Crippen LogP contribution in [0.2, 0.25) is 0 Å². The summed E-state index contributed by atoms with van der Waals surface area (Å²) < 4.78 is 0. The van der Waals surface area contributed by atoms with Crippen LogP contribution in [0.1, 0.15) is 65.2 Å². The molecule has 0 spiro atoms. The molecule has 6 atom stereocenters. The Kier molecular flexibility index (Phi) is 3.03. The van der Waals surface area contributed by atoms with Crippen LogP contribution in [0.4, 0.5) is 0 Å². The predicted molar refractivity (Wildman–Crippen MR) is 80.5 cm³/mol. The highest BCUT2D eigenvalue weighted by Crippen LogP contribution is 2.68. The highest BCUT2D eigenvalue weighted by molar-refractivity contribution is 7.60. The van der Waals surface area contributed by atoms with E-state index in [4.69, 9.17) is 0 Å². The monoisotopic (exact) mass is 264 g/mol. The maximum Gasteiger partial charge on any atom is -0.0173 e. The molecular formula is C17H29P. The molecule has 102 valence electrons. The molecule has 4 aliphatic rings. The third-order valence-electron chi connectivity index (χ3n) is 6.76. The Balaban J connectivity index is 1.54. The molecular weight excluding hydrogens is 235 g/mol. The Morgan fingerprint density at radius 1 is 0.722 bits per heavy atom. The molecule has 4 fully saturated rings. The van der Waals surface area contributed by atoms with Crippen LogP contribution < -0.4 is 0 Å². The lowest BCUT2D eigenvalue weighted by molar-refractivity contribution is 0.459. The first kappa shape index (κ1) is 12.2. The van der Waals surface area contributed by atoms with Gasteiger partial charge in [0.2, 0.25) is 0 Å². The summed E-state index contributed by atoms with van der Waals surface area (Å²) in [6.07, 6.45) is 12.9. The lowest BCUT2D eigenvalue weighted by Crippen LogP contribution is -2.28. The minimum Gasteiger partial charge on any atom is -0.0971 e. The van der Waals surface area contributed by atoms with E-state index in [2.05, 4.69) is 13.8 Å². The molecule has 0 aromatic heterocycles. The molecule has 0 aromatic carbocycles. The fourth-order valence-corrected chi connectivity index (χ4v) is 10.8. The van der Waals surface area contributed by atoms with Crippen LogP contribution >= 0.6 is 7.92 Å². The van der Waals surface area contributed by atoms with Crippen LogP contribution in [-0.2, 0) is 0 Å². The number of hydrogen-bond donors (Lipinski definition) is 0. The third-order valence-corrected chi connectivity index (χ3v) is 10.8. The highest BCUT2D eigenvalue weighted by atomic mass is 31.1. The Labute approximate surface area is 114 Å². The van der Waals surface area contributed by atoms with E-state index in [9.17, 15) is 0 Å². The predicted octanol–water partition coefficient (Wildman–Crippen LogP) is 5.25. The van der Waals surface area contributed by atoms with Crippen molar-refractivity contribution in [3.05, 3.63) is 0 Å². The van der Waals surface area contributed by atoms with Crippen LogP contribution in [0.15, 0.2) is 0 Å². The zero-order valence-electron chi connectivity index (χ0n) is 12.1. The Bertz CT molecular complexity index is 296. The molecule has 4 aliphatic carbocycles. The van der Waals surface area contributed by atoms with Gasteiger partial charge in [-0.15, -0.1) is 0 Å². The van der Waals surface area contributed by atoms with Gasteiger partial charge in [0.15, 0.2) is 0 Å². The van der Waals surface area contributed by atoms with E-state index < -0.39 is 0 Å². The first-order chi connectivity index (χ1) is 8.72. The first-order valence-electron chi connectivity index (χ1n) is 8.49. The largest absolute Gasteiger partial charge is 0.0971 e. The Hall–Kier alpha value is 0.430. The number of hydrogen-bond acceptors (Lipinski definition) is 0. The molecule has 4 rings (SSSR count). The summed E-state index contributed by atoms with van der Waals surface area (Å²) in [5.74, 6) is 4.65. The number of rotatable bonds is 3. The average Bonchev–Trinajstić information content (AvgIpc) is 3.09. The summed E-state index contributed by atoms with van der Waals surface area (Å²) in [6, 6.07) is 0. The van der Waals surface area contributed by atoms with Crippen molar-refractivity contribution in [1.29, 1.82) is 0 Å². The van der Waals surface area contributed by atoms with Gasteiger partial charge < -0.3 is 0 Å². The summed E-state index contributed by atoms with van der Waals surface area (Å²) in [5, 5.41) is 0. The molecule has 4 bridgehead atoms. The summed E-state index contributed by atoms with van der Waals surface area (Å²) in [7, 11) is 0.349. The lowest BCUT2D eigenvalue weighted by atomic mass is 9.99. The fourth-order valence-electron chi connectivity index (χ4n) is 6.16. The van der Waals surface area contributed by atoms with Crippen LogP contribution in [0, 0.1) is 23.7 Å². The smallest absolute Gasteiger partial charge is 0.0173 e. The summed E-state index contributed by atoms with van der Waals surface area (Å²) >= 11 is 0. The van der Waals surface area contributed by atoms with Gasteiger partial charge in [-0.05, 0) is 79.2 Å². The van der Waals surface area contributed by atoms with Crippen LogP contribution in [0.3, 0.4) is 0 Å². The maximum atomic E-state index is 2.56. The van der Waals surface area contributed by atoms with Crippen molar-refractivity contribution in [1.82, 2.24) is 0 Å². The van der Waals surface area contributed by atoms with Gasteiger partial charge in [0.1, 0.15) is 0 Å². The Morgan fingerprint density at radius 2 is 1.22 bits per heavy atom. The third kappa shape index (κ3) is 1.81. The van der Waals surface area contributed by atoms with Gasteiger partial charge in [-0.3, -0.25) is 0 Å². The van der Waals surface area contributed by atoms with Gasteiger partial charge in [-0.1, -0.05) is 34.6 Å². The molecule has 0 heterocycles. The second kappa shape index (κ2) is 4.47. The molecule has 0 N–H and O–H groups in total. The topological polar surface area (TPSA) is 0 Å². The molecule has 4 saturated carbocycles. The molecule has 6 unspecified atom stereocenters. The molecule has 0 aliphatic heterocycles. The van der Waals surface area contributed by atoms with Gasteiger partial charge in [0.25, 0.3) is 0 Å². The maximum absolute atomic E-state index is 2.56. The van der Waals surface area contributed by atoms with Gasteiger partial charge >= 0.3 is 0 Å². The van der Waals surface area contributed by atoms with E-state index in [1.54, 1.807) is 51.4 Å². The van der Waals surface area contributed by atoms with Crippen molar-refractivity contribution < 1.29 is 0 Å². The standard InChI is InChI=1S/C17H29P/c1-11(2)18(16-9-12-3-5-14(16)7-12)17-10-13-4-6-15(17)8-13/h11-17H,3-10H2,1-2H3. The highest BCUT2D eigenvalue weighted by Gasteiger charge is 2.50. The fraction of sp³-hybridized carbons (Fsp3) is 1.00. The van der Waals surface area contributed by atoms with Crippen molar-refractivity contribution in [2.45, 2.75) is 82.2 Å². The zero-order chi connectivity index (χ0) is 12.3. The number of fused-ring (bicyclic) bond motifs is 4. The van der Waals surface area contributed by atoms with Gasteiger partial charge in [-0.2, -0.15) is 0 Å². The summed E-state index contributed by atoms with van der Waals surface area (Å²) in [4.78, 5) is 0. The quantitative estimate of drug-likeness (QED) is 0.610. The molecule has 0 amide bonds. The normalized spacial score (nSPS) is 51.5. The summed E-state index contributed by atoms with van der Waals surface area (Å²) in [6.45, 7) is 5.12.